The largest absolute Gasteiger partial charge is 0.414 e. The maximum atomic E-state index is 12.3. The van der Waals surface area contributed by atoms with Crippen LogP contribution in [-0.4, -0.2) is 18.8 Å². The van der Waals surface area contributed by atoms with Crippen LogP contribution in [0.25, 0.3) is 0 Å². The fourth-order valence-corrected chi connectivity index (χ4v) is 1.26. The van der Waals surface area contributed by atoms with Crippen LogP contribution in [0.3, 0.4) is 0 Å². The zero-order valence-electron chi connectivity index (χ0n) is 8.87. The average molecular weight is 233 g/mol. The Labute approximate surface area is 92.2 Å². The molecule has 1 rings (SSSR count). The molecule has 0 fully saturated rings. The normalized spacial score (nSPS) is 15.8. The highest BCUT2D eigenvalue weighted by molar-refractivity contribution is 5.17. The van der Waals surface area contributed by atoms with Gasteiger partial charge in [-0.05, 0) is 12.5 Å². The van der Waals surface area contributed by atoms with E-state index in [1.54, 1.807) is 30.3 Å². The quantitative estimate of drug-likeness (QED) is 0.867. The SMILES string of the molecule is CC(OC(CN)c1ccccc1)C(F)(F)F. The Bertz CT molecular complexity index is 313. The highest BCUT2D eigenvalue weighted by atomic mass is 19.4. The molecule has 2 N–H and O–H groups in total. The number of alkyl halides is 3. The van der Waals surface area contributed by atoms with Gasteiger partial charge in [0, 0.05) is 6.54 Å². The van der Waals surface area contributed by atoms with Crippen LogP contribution in [0, 0.1) is 0 Å². The fraction of sp³-hybridized carbons (Fsp3) is 0.455. The molecule has 0 bridgehead atoms. The molecule has 0 aliphatic heterocycles. The third-order valence-electron chi connectivity index (χ3n) is 2.21. The first-order valence-corrected chi connectivity index (χ1v) is 4.92. The number of benzene rings is 1. The van der Waals surface area contributed by atoms with Crippen molar-refractivity contribution in [3.05, 3.63) is 35.9 Å². The van der Waals surface area contributed by atoms with Crippen LogP contribution in [0.2, 0.25) is 0 Å². The van der Waals surface area contributed by atoms with Crippen molar-refractivity contribution in [1.29, 1.82) is 0 Å². The number of hydrogen-bond acceptors (Lipinski definition) is 2. The topological polar surface area (TPSA) is 35.2 Å². The minimum absolute atomic E-state index is 0.0183. The van der Waals surface area contributed by atoms with E-state index in [1.807, 2.05) is 0 Å². The average Bonchev–Trinajstić information content (AvgIpc) is 2.25. The molecule has 90 valence electrons. The molecular weight excluding hydrogens is 219 g/mol. The maximum absolute atomic E-state index is 12.3. The van der Waals surface area contributed by atoms with Crippen LogP contribution >= 0.6 is 0 Å². The van der Waals surface area contributed by atoms with Gasteiger partial charge in [0.15, 0.2) is 6.10 Å². The standard InChI is InChI=1S/C11H14F3NO/c1-8(11(12,13)14)16-10(7-15)9-5-3-2-4-6-9/h2-6,8,10H,7,15H2,1H3. The molecule has 2 nitrogen and oxygen atoms in total. The highest BCUT2D eigenvalue weighted by Gasteiger charge is 2.38. The van der Waals surface area contributed by atoms with E-state index in [0.717, 1.165) is 6.92 Å². The van der Waals surface area contributed by atoms with Crippen molar-refractivity contribution in [2.75, 3.05) is 6.54 Å². The Balaban J connectivity index is 2.70. The van der Waals surface area contributed by atoms with Crippen LogP contribution in [-0.2, 0) is 4.74 Å². The first-order chi connectivity index (χ1) is 7.45. The molecule has 2 atom stereocenters. The van der Waals surface area contributed by atoms with Crippen molar-refractivity contribution in [2.24, 2.45) is 5.73 Å². The predicted octanol–water partition coefficient (Wildman–Crippen LogP) is 2.65. The Kier molecular flexibility index (Phi) is 4.32. The molecule has 0 spiro atoms. The molecule has 0 saturated carbocycles. The molecule has 0 aliphatic rings. The van der Waals surface area contributed by atoms with E-state index >= 15 is 0 Å². The van der Waals surface area contributed by atoms with E-state index in [0.29, 0.717) is 5.56 Å². The second-order valence-corrected chi connectivity index (χ2v) is 3.45. The monoisotopic (exact) mass is 233 g/mol. The third-order valence-corrected chi connectivity index (χ3v) is 2.21. The molecule has 0 amide bonds. The van der Waals surface area contributed by atoms with Crippen LogP contribution in [0.4, 0.5) is 13.2 Å². The van der Waals surface area contributed by atoms with Gasteiger partial charge in [-0.15, -0.1) is 0 Å². The summed E-state index contributed by atoms with van der Waals surface area (Å²) in [6.07, 6.45) is -6.90. The molecule has 1 aromatic carbocycles. The number of halogens is 3. The predicted molar refractivity (Wildman–Crippen MR) is 54.8 cm³/mol. The Morgan fingerprint density at radius 3 is 2.25 bits per heavy atom. The second kappa shape index (κ2) is 5.32. The number of nitrogens with two attached hydrogens (primary N) is 1. The van der Waals surface area contributed by atoms with E-state index in [4.69, 9.17) is 10.5 Å². The summed E-state index contributed by atoms with van der Waals surface area (Å²) in [7, 11) is 0. The number of hydrogen-bond donors (Lipinski definition) is 1. The first-order valence-electron chi connectivity index (χ1n) is 4.92. The van der Waals surface area contributed by atoms with Gasteiger partial charge < -0.3 is 10.5 Å². The Hall–Kier alpha value is -1.07. The van der Waals surface area contributed by atoms with Gasteiger partial charge >= 0.3 is 6.18 Å². The van der Waals surface area contributed by atoms with Gasteiger partial charge in [-0.1, -0.05) is 30.3 Å². The van der Waals surface area contributed by atoms with Gasteiger partial charge in [0.05, 0.1) is 6.10 Å². The van der Waals surface area contributed by atoms with Gasteiger partial charge in [0.25, 0.3) is 0 Å². The van der Waals surface area contributed by atoms with Gasteiger partial charge in [-0.25, -0.2) is 0 Å². The van der Waals surface area contributed by atoms with E-state index in [9.17, 15) is 13.2 Å². The molecule has 0 saturated heterocycles. The number of ether oxygens (including phenoxy) is 1. The lowest BCUT2D eigenvalue weighted by Gasteiger charge is -2.23. The Morgan fingerprint density at radius 1 is 1.25 bits per heavy atom. The van der Waals surface area contributed by atoms with Crippen LogP contribution in [0.15, 0.2) is 30.3 Å². The molecule has 5 heteroatoms. The molecule has 0 radical (unpaired) electrons. The summed E-state index contributed by atoms with van der Waals surface area (Å²) in [5.41, 5.74) is 6.06. The zero-order valence-corrected chi connectivity index (χ0v) is 8.87. The van der Waals surface area contributed by atoms with Crippen LogP contribution < -0.4 is 5.73 Å². The molecule has 0 aliphatic carbocycles. The summed E-state index contributed by atoms with van der Waals surface area (Å²) in [6, 6.07) is 8.64. The molecule has 0 aromatic heterocycles. The van der Waals surface area contributed by atoms with Crippen molar-refractivity contribution < 1.29 is 17.9 Å². The first kappa shape index (κ1) is 13.0. The summed E-state index contributed by atoms with van der Waals surface area (Å²) in [6.45, 7) is 0.996. The van der Waals surface area contributed by atoms with Gasteiger partial charge in [-0.3, -0.25) is 0 Å². The Morgan fingerprint density at radius 2 is 1.81 bits per heavy atom. The van der Waals surface area contributed by atoms with Crippen molar-refractivity contribution in [3.63, 3.8) is 0 Å². The summed E-state index contributed by atoms with van der Waals surface area (Å²) in [4.78, 5) is 0. The van der Waals surface area contributed by atoms with Crippen molar-refractivity contribution in [1.82, 2.24) is 0 Å². The summed E-state index contributed by atoms with van der Waals surface area (Å²) in [5, 5.41) is 0. The second-order valence-electron chi connectivity index (χ2n) is 3.45. The van der Waals surface area contributed by atoms with E-state index < -0.39 is 18.4 Å². The summed E-state index contributed by atoms with van der Waals surface area (Å²) in [5.74, 6) is 0. The third kappa shape index (κ3) is 3.50. The molecule has 0 heterocycles. The summed E-state index contributed by atoms with van der Waals surface area (Å²) < 4.78 is 41.8. The van der Waals surface area contributed by atoms with Crippen molar-refractivity contribution in [3.8, 4) is 0 Å². The van der Waals surface area contributed by atoms with E-state index in [-0.39, 0.29) is 6.54 Å². The minimum Gasteiger partial charge on any atom is -0.360 e. The van der Waals surface area contributed by atoms with E-state index in [2.05, 4.69) is 0 Å². The van der Waals surface area contributed by atoms with Gasteiger partial charge in [0.2, 0.25) is 0 Å². The lowest BCUT2D eigenvalue weighted by atomic mass is 10.1. The maximum Gasteiger partial charge on any atom is 0.414 e. The molecule has 2 unspecified atom stereocenters. The van der Waals surface area contributed by atoms with E-state index in [1.165, 1.54) is 0 Å². The van der Waals surface area contributed by atoms with Crippen LogP contribution in [0.5, 0.6) is 0 Å². The highest BCUT2D eigenvalue weighted by Crippen LogP contribution is 2.27. The van der Waals surface area contributed by atoms with Crippen molar-refractivity contribution >= 4 is 0 Å². The summed E-state index contributed by atoms with van der Waals surface area (Å²) >= 11 is 0. The zero-order chi connectivity index (χ0) is 12.2. The van der Waals surface area contributed by atoms with Gasteiger partial charge in [0.1, 0.15) is 0 Å². The minimum atomic E-state index is -4.36. The van der Waals surface area contributed by atoms with Gasteiger partial charge in [-0.2, -0.15) is 13.2 Å². The van der Waals surface area contributed by atoms with Crippen molar-refractivity contribution in [2.45, 2.75) is 25.3 Å². The fourth-order valence-electron chi connectivity index (χ4n) is 1.26. The smallest absolute Gasteiger partial charge is 0.360 e. The van der Waals surface area contributed by atoms with Crippen LogP contribution in [0.1, 0.15) is 18.6 Å². The molecule has 1 aromatic rings. The molecule has 16 heavy (non-hydrogen) atoms. The number of rotatable bonds is 4. The lowest BCUT2D eigenvalue weighted by molar-refractivity contribution is -0.226. The lowest BCUT2D eigenvalue weighted by Crippen LogP contribution is -2.32. The molecular formula is C11H14F3NO.